The quantitative estimate of drug-likeness (QED) is 0.705. The predicted molar refractivity (Wildman–Crippen MR) is 82.5 cm³/mol. The van der Waals surface area contributed by atoms with Crippen molar-refractivity contribution in [3.05, 3.63) is 52.9 Å². The zero-order valence-corrected chi connectivity index (χ0v) is 11.4. The zero-order valence-electron chi connectivity index (χ0n) is 10.6. The molecular weight excluding hydrogens is 254 g/mol. The molecule has 1 aromatic carbocycles. The number of nitrogens with one attached hydrogen (secondary N) is 1. The number of anilines is 2. The van der Waals surface area contributed by atoms with Gasteiger partial charge in [-0.05, 0) is 42.6 Å². The summed E-state index contributed by atoms with van der Waals surface area (Å²) in [6.07, 6.45) is 1.77. The van der Waals surface area contributed by atoms with Crippen LogP contribution in [0.15, 0.2) is 48.0 Å². The van der Waals surface area contributed by atoms with E-state index in [1.165, 1.54) is 4.88 Å². The summed E-state index contributed by atoms with van der Waals surface area (Å²) in [5.74, 6) is 0. The minimum absolute atomic E-state index is 0.270. The van der Waals surface area contributed by atoms with Gasteiger partial charge in [-0.25, -0.2) is 0 Å². The normalized spacial score (nSPS) is 12.5. The van der Waals surface area contributed by atoms with Gasteiger partial charge in [0.1, 0.15) is 0 Å². The molecule has 2 aromatic heterocycles. The SMILES string of the molecule is CC(Nc1ccc(N)c2ncccc12)c1cccs1. The number of aromatic nitrogens is 1. The van der Waals surface area contributed by atoms with Crippen LogP contribution >= 0.6 is 11.3 Å². The molecule has 19 heavy (non-hydrogen) atoms. The van der Waals surface area contributed by atoms with Crippen molar-refractivity contribution in [2.75, 3.05) is 11.1 Å². The van der Waals surface area contributed by atoms with Gasteiger partial charge in [0.05, 0.1) is 17.2 Å². The van der Waals surface area contributed by atoms with E-state index >= 15 is 0 Å². The van der Waals surface area contributed by atoms with E-state index in [-0.39, 0.29) is 6.04 Å². The third-order valence-corrected chi connectivity index (χ3v) is 4.20. The molecule has 0 fully saturated rings. The van der Waals surface area contributed by atoms with E-state index in [0.29, 0.717) is 5.69 Å². The Kier molecular flexibility index (Phi) is 3.09. The van der Waals surface area contributed by atoms with Gasteiger partial charge in [0.2, 0.25) is 0 Å². The number of hydrogen-bond acceptors (Lipinski definition) is 4. The molecule has 2 heterocycles. The largest absolute Gasteiger partial charge is 0.397 e. The third kappa shape index (κ3) is 2.27. The van der Waals surface area contributed by atoms with Gasteiger partial charge in [-0.1, -0.05) is 6.07 Å². The maximum Gasteiger partial charge on any atom is 0.0951 e. The van der Waals surface area contributed by atoms with Crippen LogP contribution in [0.5, 0.6) is 0 Å². The van der Waals surface area contributed by atoms with E-state index in [2.05, 4.69) is 34.7 Å². The van der Waals surface area contributed by atoms with E-state index < -0.39 is 0 Å². The zero-order chi connectivity index (χ0) is 13.2. The lowest BCUT2D eigenvalue weighted by Crippen LogP contribution is -2.05. The summed E-state index contributed by atoms with van der Waals surface area (Å²) in [5.41, 5.74) is 8.60. The molecule has 0 saturated heterocycles. The Bertz CT molecular complexity index is 692. The van der Waals surface area contributed by atoms with Gasteiger partial charge in [0.15, 0.2) is 0 Å². The van der Waals surface area contributed by atoms with Crippen LogP contribution in [0, 0.1) is 0 Å². The second-order valence-corrected chi connectivity index (χ2v) is 5.46. The Morgan fingerprint density at radius 3 is 2.89 bits per heavy atom. The number of thiophene rings is 1. The molecule has 0 bridgehead atoms. The third-order valence-electron chi connectivity index (χ3n) is 3.14. The summed E-state index contributed by atoms with van der Waals surface area (Å²) in [7, 11) is 0. The lowest BCUT2D eigenvalue weighted by atomic mass is 10.1. The van der Waals surface area contributed by atoms with E-state index in [1.54, 1.807) is 17.5 Å². The van der Waals surface area contributed by atoms with Crippen LogP contribution in [0.25, 0.3) is 10.9 Å². The van der Waals surface area contributed by atoms with Crippen LogP contribution < -0.4 is 11.1 Å². The lowest BCUT2D eigenvalue weighted by Gasteiger charge is -2.16. The second-order valence-electron chi connectivity index (χ2n) is 4.48. The Balaban J connectivity index is 2.00. The van der Waals surface area contributed by atoms with Crippen LogP contribution in [0.3, 0.4) is 0 Å². The average molecular weight is 269 g/mol. The summed E-state index contributed by atoms with van der Waals surface area (Å²) in [4.78, 5) is 5.66. The van der Waals surface area contributed by atoms with Crippen molar-refractivity contribution in [1.29, 1.82) is 0 Å². The monoisotopic (exact) mass is 269 g/mol. The highest BCUT2D eigenvalue weighted by atomic mass is 32.1. The highest BCUT2D eigenvalue weighted by Gasteiger charge is 2.09. The first-order chi connectivity index (χ1) is 9.25. The molecule has 0 radical (unpaired) electrons. The topological polar surface area (TPSA) is 50.9 Å². The molecule has 1 atom stereocenters. The molecule has 3 N–H and O–H groups in total. The van der Waals surface area contributed by atoms with Crippen molar-refractivity contribution in [2.24, 2.45) is 0 Å². The van der Waals surface area contributed by atoms with Gasteiger partial charge < -0.3 is 11.1 Å². The summed E-state index contributed by atoms with van der Waals surface area (Å²) in [6.45, 7) is 2.16. The van der Waals surface area contributed by atoms with Crippen molar-refractivity contribution in [2.45, 2.75) is 13.0 Å². The molecule has 3 aromatic rings. The van der Waals surface area contributed by atoms with Gasteiger partial charge in [-0.15, -0.1) is 11.3 Å². The number of rotatable bonds is 3. The molecule has 3 nitrogen and oxygen atoms in total. The van der Waals surface area contributed by atoms with Gasteiger partial charge in [-0.2, -0.15) is 0 Å². The Labute approximate surface area is 116 Å². The van der Waals surface area contributed by atoms with Crippen LogP contribution in [0.4, 0.5) is 11.4 Å². The highest BCUT2D eigenvalue weighted by molar-refractivity contribution is 7.10. The molecule has 4 heteroatoms. The fourth-order valence-electron chi connectivity index (χ4n) is 2.16. The molecule has 0 aliphatic carbocycles. The van der Waals surface area contributed by atoms with E-state index in [1.807, 2.05) is 24.3 Å². The predicted octanol–water partition coefficient (Wildman–Crippen LogP) is 4.05. The van der Waals surface area contributed by atoms with Gasteiger partial charge in [0, 0.05) is 22.1 Å². The average Bonchev–Trinajstić information content (AvgIpc) is 2.96. The maximum atomic E-state index is 5.96. The van der Waals surface area contributed by atoms with E-state index in [0.717, 1.165) is 16.6 Å². The van der Waals surface area contributed by atoms with Crippen molar-refractivity contribution in [1.82, 2.24) is 4.98 Å². The van der Waals surface area contributed by atoms with Crippen LogP contribution in [0.1, 0.15) is 17.8 Å². The minimum atomic E-state index is 0.270. The van der Waals surface area contributed by atoms with Crippen molar-refractivity contribution >= 4 is 33.6 Å². The Hall–Kier alpha value is -2.07. The molecule has 1 unspecified atom stereocenters. The number of pyridine rings is 1. The van der Waals surface area contributed by atoms with Gasteiger partial charge in [0.25, 0.3) is 0 Å². The van der Waals surface area contributed by atoms with E-state index in [4.69, 9.17) is 5.73 Å². The van der Waals surface area contributed by atoms with Crippen molar-refractivity contribution < 1.29 is 0 Å². The summed E-state index contributed by atoms with van der Waals surface area (Å²) in [6, 6.07) is 12.4. The number of nitrogen functional groups attached to an aromatic ring is 1. The smallest absolute Gasteiger partial charge is 0.0951 e. The Morgan fingerprint density at radius 1 is 1.21 bits per heavy atom. The summed E-state index contributed by atoms with van der Waals surface area (Å²) >= 11 is 1.76. The first kappa shape index (κ1) is 12.0. The fraction of sp³-hybridized carbons (Fsp3) is 0.133. The molecular formula is C15H15N3S. The molecule has 96 valence electrons. The van der Waals surface area contributed by atoms with Gasteiger partial charge >= 0.3 is 0 Å². The van der Waals surface area contributed by atoms with E-state index in [9.17, 15) is 0 Å². The molecule has 0 saturated carbocycles. The number of nitrogens with two attached hydrogens (primary N) is 1. The second kappa shape index (κ2) is 4.90. The van der Waals surface area contributed by atoms with Gasteiger partial charge in [-0.3, -0.25) is 4.98 Å². The Morgan fingerprint density at radius 2 is 2.11 bits per heavy atom. The molecule has 0 amide bonds. The van der Waals surface area contributed by atoms with Crippen LogP contribution in [-0.2, 0) is 0 Å². The van der Waals surface area contributed by atoms with Crippen LogP contribution in [0.2, 0.25) is 0 Å². The number of benzene rings is 1. The lowest BCUT2D eigenvalue weighted by molar-refractivity contribution is 0.910. The standard InChI is InChI=1S/C15H15N3S/c1-10(14-5-3-9-19-14)18-13-7-6-12(16)15-11(13)4-2-8-17-15/h2-10,18H,16H2,1H3. The fourth-order valence-corrected chi connectivity index (χ4v) is 2.90. The minimum Gasteiger partial charge on any atom is -0.397 e. The molecule has 0 aliphatic rings. The first-order valence-corrected chi connectivity index (χ1v) is 7.07. The number of nitrogens with zero attached hydrogens (tertiary/aromatic N) is 1. The molecule has 3 rings (SSSR count). The molecule has 0 aliphatic heterocycles. The summed E-state index contributed by atoms with van der Waals surface area (Å²) in [5, 5.41) is 6.68. The first-order valence-electron chi connectivity index (χ1n) is 6.19. The maximum absolute atomic E-state index is 5.96. The number of fused-ring (bicyclic) bond motifs is 1. The van der Waals surface area contributed by atoms with Crippen molar-refractivity contribution in [3.63, 3.8) is 0 Å². The number of hydrogen-bond donors (Lipinski definition) is 2. The summed E-state index contributed by atoms with van der Waals surface area (Å²) < 4.78 is 0. The molecule has 0 spiro atoms. The van der Waals surface area contributed by atoms with Crippen LogP contribution in [-0.4, -0.2) is 4.98 Å². The highest BCUT2D eigenvalue weighted by Crippen LogP contribution is 2.30. The van der Waals surface area contributed by atoms with Crippen molar-refractivity contribution in [3.8, 4) is 0 Å².